The van der Waals surface area contributed by atoms with E-state index in [0.717, 1.165) is 12.7 Å². The molecule has 1 amide bonds. The van der Waals surface area contributed by atoms with Crippen molar-refractivity contribution in [1.82, 2.24) is 5.32 Å². The molecule has 1 N–H and O–H groups in total. The topological polar surface area (TPSA) is 63.2 Å². The molecule has 0 radical (unpaired) electrons. The molecule has 0 saturated heterocycles. The summed E-state index contributed by atoms with van der Waals surface area (Å²) in [6, 6.07) is 3.97. The second kappa shape index (κ2) is 6.00. The average Bonchev–Trinajstić information content (AvgIpc) is 2.66. The number of carbonyl (C=O) groups excluding carboxylic acids is 1. The van der Waals surface area contributed by atoms with Crippen LogP contribution in [-0.2, 0) is 21.1 Å². The second-order valence-corrected chi connectivity index (χ2v) is 6.85. The number of carbonyl (C=O) groups is 1. The Labute approximate surface area is 99.6 Å². The third-order valence-corrected chi connectivity index (χ3v) is 3.86. The van der Waals surface area contributed by atoms with Crippen LogP contribution in [0, 0.1) is 0 Å². The first-order valence-corrected chi connectivity index (χ1v) is 7.88. The van der Waals surface area contributed by atoms with E-state index >= 15 is 0 Å². The summed E-state index contributed by atoms with van der Waals surface area (Å²) in [5.74, 6) is -0.292. The van der Waals surface area contributed by atoms with Crippen LogP contribution in [0.4, 0.5) is 0 Å². The minimum Gasteiger partial charge on any atom is -0.356 e. The molecule has 90 valence electrons. The maximum atomic E-state index is 11.2. The fraction of sp³-hybridized carbons (Fsp3) is 0.500. The molecule has 0 spiro atoms. The number of sulfone groups is 1. The van der Waals surface area contributed by atoms with E-state index in [-0.39, 0.29) is 18.1 Å². The van der Waals surface area contributed by atoms with Crippen LogP contribution in [0.25, 0.3) is 0 Å². The first-order chi connectivity index (χ1) is 7.47. The van der Waals surface area contributed by atoms with Crippen LogP contribution in [0.1, 0.15) is 11.3 Å². The normalized spacial score (nSPS) is 11.3. The standard InChI is InChI=1S/C10H15NO3S2/c1-16(13,14)8-5-10(12)11-6-4-9-3-2-7-15-9/h2-3,7H,4-6,8H2,1H3,(H,11,12). The van der Waals surface area contributed by atoms with Crippen molar-refractivity contribution in [3.05, 3.63) is 22.4 Å². The summed E-state index contributed by atoms with van der Waals surface area (Å²) in [5.41, 5.74) is 0. The Morgan fingerprint density at radius 2 is 2.25 bits per heavy atom. The highest BCUT2D eigenvalue weighted by atomic mass is 32.2. The molecule has 0 aliphatic rings. The molecule has 0 aliphatic carbocycles. The molecule has 0 unspecified atom stereocenters. The lowest BCUT2D eigenvalue weighted by Gasteiger charge is -2.03. The highest BCUT2D eigenvalue weighted by Gasteiger charge is 2.07. The molecule has 0 fully saturated rings. The molecule has 4 nitrogen and oxygen atoms in total. The van der Waals surface area contributed by atoms with Crippen molar-refractivity contribution in [2.24, 2.45) is 0 Å². The molecule has 0 saturated carbocycles. The maximum Gasteiger partial charge on any atom is 0.221 e. The van der Waals surface area contributed by atoms with Gasteiger partial charge in [0, 0.05) is 24.1 Å². The molecule has 0 bridgehead atoms. The maximum absolute atomic E-state index is 11.2. The van der Waals surface area contributed by atoms with E-state index in [1.54, 1.807) is 11.3 Å². The fourth-order valence-electron chi connectivity index (χ4n) is 1.15. The molecular formula is C10H15NO3S2. The van der Waals surface area contributed by atoms with Gasteiger partial charge in [-0.2, -0.15) is 0 Å². The molecule has 0 aliphatic heterocycles. The van der Waals surface area contributed by atoms with E-state index in [0.29, 0.717) is 6.54 Å². The number of nitrogens with one attached hydrogen (secondary N) is 1. The van der Waals surface area contributed by atoms with Gasteiger partial charge >= 0.3 is 0 Å². The Bertz CT molecular complexity index is 423. The summed E-state index contributed by atoms with van der Waals surface area (Å²) in [7, 11) is -3.05. The summed E-state index contributed by atoms with van der Waals surface area (Å²) >= 11 is 1.65. The zero-order chi connectivity index (χ0) is 12.0. The monoisotopic (exact) mass is 261 g/mol. The number of thiophene rings is 1. The van der Waals surface area contributed by atoms with Gasteiger partial charge in [-0.15, -0.1) is 11.3 Å². The van der Waals surface area contributed by atoms with Crippen LogP contribution in [0.5, 0.6) is 0 Å². The fourth-order valence-corrected chi connectivity index (χ4v) is 2.41. The molecule has 1 rings (SSSR count). The van der Waals surface area contributed by atoms with E-state index in [4.69, 9.17) is 0 Å². The summed E-state index contributed by atoms with van der Waals surface area (Å²) in [5, 5.41) is 4.68. The predicted molar refractivity (Wildman–Crippen MR) is 65.4 cm³/mol. The Morgan fingerprint density at radius 1 is 1.50 bits per heavy atom. The van der Waals surface area contributed by atoms with Gasteiger partial charge in [0.05, 0.1) is 5.75 Å². The predicted octanol–water partition coefficient (Wildman–Crippen LogP) is 0.841. The first-order valence-electron chi connectivity index (χ1n) is 4.94. The molecule has 16 heavy (non-hydrogen) atoms. The third kappa shape index (κ3) is 5.87. The lowest BCUT2D eigenvalue weighted by molar-refractivity contribution is -0.120. The summed E-state index contributed by atoms with van der Waals surface area (Å²) in [6.07, 6.45) is 1.97. The van der Waals surface area contributed by atoms with Crippen LogP contribution in [0.2, 0.25) is 0 Å². The van der Waals surface area contributed by atoms with Crippen LogP contribution in [0.3, 0.4) is 0 Å². The van der Waals surface area contributed by atoms with Gasteiger partial charge in [-0.1, -0.05) is 6.07 Å². The van der Waals surface area contributed by atoms with Crippen LogP contribution in [-0.4, -0.2) is 32.9 Å². The molecule has 0 atom stereocenters. The van der Waals surface area contributed by atoms with Crippen molar-refractivity contribution in [2.45, 2.75) is 12.8 Å². The number of hydrogen-bond acceptors (Lipinski definition) is 4. The van der Waals surface area contributed by atoms with E-state index in [2.05, 4.69) is 5.32 Å². The summed E-state index contributed by atoms with van der Waals surface area (Å²) < 4.78 is 21.6. The minimum absolute atomic E-state index is 0.0449. The van der Waals surface area contributed by atoms with Gasteiger partial charge in [0.1, 0.15) is 9.84 Å². The van der Waals surface area contributed by atoms with E-state index in [1.807, 2.05) is 17.5 Å². The van der Waals surface area contributed by atoms with Crippen molar-refractivity contribution >= 4 is 27.1 Å². The zero-order valence-electron chi connectivity index (χ0n) is 9.10. The van der Waals surface area contributed by atoms with E-state index < -0.39 is 9.84 Å². The quantitative estimate of drug-likeness (QED) is 0.825. The van der Waals surface area contributed by atoms with Gasteiger partial charge in [-0.25, -0.2) is 8.42 Å². The van der Waals surface area contributed by atoms with Crippen LogP contribution < -0.4 is 5.32 Å². The zero-order valence-corrected chi connectivity index (χ0v) is 10.7. The number of amides is 1. The second-order valence-electron chi connectivity index (χ2n) is 3.56. The average molecular weight is 261 g/mol. The molecule has 1 aromatic heterocycles. The van der Waals surface area contributed by atoms with Gasteiger partial charge < -0.3 is 5.32 Å². The summed E-state index contributed by atoms with van der Waals surface area (Å²) in [6.45, 7) is 0.559. The lowest BCUT2D eigenvalue weighted by atomic mass is 10.3. The van der Waals surface area contributed by atoms with Gasteiger partial charge in [-0.3, -0.25) is 4.79 Å². The SMILES string of the molecule is CS(=O)(=O)CCC(=O)NCCc1cccs1. The van der Waals surface area contributed by atoms with Crippen LogP contribution in [0.15, 0.2) is 17.5 Å². The van der Waals surface area contributed by atoms with Gasteiger partial charge in [0.2, 0.25) is 5.91 Å². The van der Waals surface area contributed by atoms with Crippen molar-refractivity contribution in [1.29, 1.82) is 0 Å². The van der Waals surface area contributed by atoms with Gasteiger partial charge in [0.15, 0.2) is 0 Å². The van der Waals surface area contributed by atoms with Crippen molar-refractivity contribution < 1.29 is 13.2 Å². The van der Waals surface area contributed by atoms with E-state index in [9.17, 15) is 13.2 Å². The summed E-state index contributed by atoms with van der Waals surface area (Å²) in [4.78, 5) is 12.5. The smallest absolute Gasteiger partial charge is 0.221 e. The lowest BCUT2D eigenvalue weighted by Crippen LogP contribution is -2.27. The molecule has 6 heteroatoms. The highest BCUT2D eigenvalue weighted by molar-refractivity contribution is 7.90. The van der Waals surface area contributed by atoms with Gasteiger partial charge in [0.25, 0.3) is 0 Å². The van der Waals surface area contributed by atoms with Crippen LogP contribution >= 0.6 is 11.3 Å². The van der Waals surface area contributed by atoms with E-state index in [1.165, 1.54) is 4.88 Å². The van der Waals surface area contributed by atoms with Crippen molar-refractivity contribution in [3.8, 4) is 0 Å². The van der Waals surface area contributed by atoms with Gasteiger partial charge in [-0.05, 0) is 17.9 Å². The molecule has 1 heterocycles. The Kier molecular flexibility index (Phi) is 4.95. The Morgan fingerprint density at radius 3 is 2.81 bits per heavy atom. The molecular weight excluding hydrogens is 246 g/mol. The Balaban J connectivity index is 2.16. The Hall–Kier alpha value is -0.880. The number of rotatable bonds is 6. The molecule has 1 aromatic rings. The first kappa shape index (κ1) is 13.2. The number of hydrogen-bond donors (Lipinski definition) is 1. The third-order valence-electron chi connectivity index (χ3n) is 1.97. The largest absolute Gasteiger partial charge is 0.356 e. The van der Waals surface area contributed by atoms with Crippen molar-refractivity contribution in [2.75, 3.05) is 18.6 Å². The molecule has 0 aromatic carbocycles. The minimum atomic E-state index is -3.05. The highest BCUT2D eigenvalue weighted by Crippen LogP contribution is 2.07. The van der Waals surface area contributed by atoms with Crippen molar-refractivity contribution in [3.63, 3.8) is 0 Å².